The summed E-state index contributed by atoms with van der Waals surface area (Å²) in [6, 6.07) is 4.97. The normalized spacial score (nSPS) is 21.4. The van der Waals surface area contributed by atoms with Crippen molar-refractivity contribution in [3.8, 4) is 5.69 Å². The van der Waals surface area contributed by atoms with Crippen molar-refractivity contribution in [1.82, 2.24) is 9.78 Å². The van der Waals surface area contributed by atoms with Crippen LogP contribution in [0.15, 0.2) is 18.2 Å². The van der Waals surface area contributed by atoms with E-state index in [2.05, 4.69) is 5.10 Å². The fraction of sp³-hybridized carbons (Fsp3) is 0.571. The standard InChI is InChI=1S/C28H33F3N2O4/c1-5-24(36)37-20-9-6-17(7-10-20)12-18-13-19(8-11-21(18)16(2)34)33-22-14-27(3,4)15-23(35)25(22)26(32-33)28(29,30)31/h8,11,13,17,20H,5-7,9-10,12,14-15H2,1-4H3. The molecule has 0 saturated heterocycles. The maximum Gasteiger partial charge on any atom is 0.435 e. The minimum Gasteiger partial charge on any atom is -0.462 e. The molecule has 200 valence electrons. The van der Waals surface area contributed by atoms with Gasteiger partial charge in [0.1, 0.15) is 6.10 Å². The van der Waals surface area contributed by atoms with Gasteiger partial charge in [-0.05, 0) is 80.5 Å². The first-order chi connectivity index (χ1) is 17.3. The van der Waals surface area contributed by atoms with E-state index in [4.69, 9.17) is 4.74 Å². The third kappa shape index (κ3) is 5.80. The minimum absolute atomic E-state index is 0.0273. The zero-order chi connectivity index (χ0) is 27.1. The number of alkyl halides is 3. The molecule has 0 radical (unpaired) electrons. The summed E-state index contributed by atoms with van der Waals surface area (Å²) in [6.07, 6.45) is -0.506. The van der Waals surface area contributed by atoms with E-state index < -0.39 is 23.1 Å². The number of hydrogen-bond acceptors (Lipinski definition) is 5. The van der Waals surface area contributed by atoms with E-state index in [1.165, 1.54) is 11.6 Å². The molecule has 2 aliphatic rings. The second-order valence-electron chi connectivity index (χ2n) is 11.1. The molecular formula is C28H33F3N2O4. The fourth-order valence-corrected chi connectivity index (χ4v) is 5.62. The number of fused-ring (bicyclic) bond motifs is 1. The van der Waals surface area contributed by atoms with E-state index in [1.54, 1.807) is 25.1 Å². The number of esters is 1. The second-order valence-corrected chi connectivity index (χ2v) is 11.1. The van der Waals surface area contributed by atoms with Gasteiger partial charge in [0, 0.05) is 18.4 Å². The van der Waals surface area contributed by atoms with E-state index in [-0.39, 0.29) is 47.9 Å². The van der Waals surface area contributed by atoms with Crippen LogP contribution in [0, 0.1) is 11.3 Å². The van der Waals surface area contributed by atoms with Crippen molar-refractivity contribution in [2.24, 2.45) is 11.3 Å². The smallest absolute Gasteiger partial charge is 0.435 e. The first-order valence-corrected chi connectivity index (χ1v) is 12.8. The summed E-state index contributed by atoms with van der Waals surface area (Å²) in [5.74, 6) is -0.631. The molecule has 2 aliphatic carbocycles. The lowest BCUT2D eigenvalue weighted by molar-refractivity contribution is -0.150. The van der Waals surface area contributed by atoms with E-state index in [0.29, 0.717) is 24.1 Å². The molecule has 9 heteroatoms. The Balaban J connectivity index is 1.68. The molecule has 0 N–H and O–H groups in total. The first kappa shape index (κ1) is 27.1. The number of nitrogens with zero attached hydrogens (tertiary/aromatic N) is 2. The average Bonchev–Trinajstić information content (AvgIpc) is 3.19. The topological polar surface area (TPSA) is 78.3 Å². The SMILES string of the molecule is CCC(=O)OC1CCC(Cc2cc(-n3nc(C(F)(F)F)c4c3CC(C)(C)CC4=O)ccc2C(C)=O)CC1. The number of aromatic nitrogens is 2. The zero-order valence-corrected chi connectivity index (χ0v) is 21.7. The van der Waals surface area contributed by atoms with Gasteiger partial charge in [-0.1, -0.05) is 20.8 Å². The van der Waals surface area contributed by atoms with Crippen molar-refractivity contribution in [2.75, 3.05) is 0 Å². The lowest BCUT2D eigenvalue weighted by atomic mass is 9.75. The number of hydrogen-bond donors (Lipinski definition) is 0. The Hall–Kier alpha value is -2.97. The molecule has 4 rings (SSSR count). The van der Waals surface area contributed by atoms with E-state index in [1.807, 2.05) is 13.8 Å². The third-order valence-corrected chi connectivity index (χ3v) is 7.42. The first-order valence-electron chi connectivity index (χ1n) is 12.8. The summed E-state index contributed by atoms with van der Waals surface area (Å²) in [5.41, 5.74) is -0.0533. The van der Waals surface area contributed by atoms with Crippen LogP contribution in [-0.4, -0.2) is 33.4 Å². The van der Waals surface area contributed by atoms with Gasteiger partial charge in [-0.2, -0.15) is 18.3 Å². The van der Waals surface area contributed by atoms with Gasteiger partial charge in [0.05, 0.1) is 16.9 Å². The highest BCUT2D eigenvalue weighted by Crippen LogP contribution is 2.42. The Bertz CT molecular complexity index is 1220. The minimum atomic E-state index is -4.76. The van der Waals surface area contributed by atoms with Crippen LogP contribution in [0.1, 0.15) is 104 Å². The van der Waals surface area contributed by atoms with Gasteiger partial charge in [0.2, 0.25) is 0 Å². The average molecular weight is 519 g/mol. The van der Waals surface area contributed by atoms with Gasteiger partial charge in [0.15, 0.2) is 17.3 Å². The maximum absolute atomic E-state index is 13.9. The summed E-state index contributed by atoms with van der Waals surface area (Å²) in [7, 11) is 0. The molecule has 1 aromatic heterocycles. The van der Waals surface area contributed by atoms with Crippen LogP contribution < -0.4 is 0 Å². The molecule has 0 atom stereocenters. The fourth-order valence-electron chi connectivity index (χ4n) is 5.62. The number of ketones is 2. The van der Waals surface area contributed by atoms with Crippen molar-refractivity contribution >= 4 is 17.5 Å². The largest absolute Gasteiger partial charge is 0.462 e. The van der Waals surface area contributed by atoms with Crippen LogP contribution >= 0.6 is 0 Å². The molecule has 6 nitrogen and oxygen atoms in total. The van der Waals surface area contributed by atoms with Crippen LogP contribution in [0.4, 0.5) is 13.2 Å². The lowest BCUT2D eigenvalue weighted by Gasteiger charge is -2.29. The summed E-state index contributed by atoms with van der Waals surface area (Å²) in [5, 5.41) is 3.89. The molecular weight excluding hydrogens is 485 g/mol. The molecule has 0 aliphatic heterocycles. The summed E-state index contributed by atoms with van der Waals surface area (Å²) < 4.78 is 48.3. The van der Waals surface area contributed by atoms with E-state index in [0.717, 1.165) is 31.2 Å². The van der Waals surface area contributed by atoms with Crippen molar-refractivity contribution in [3.63, 3.8) is 0 Å². The Morgan fingerprint density at radius 2 is 1.81 bits per heavy atom. The lowest BCUT2D eigenvalue weighted by Crippen LogP contribution is -2.29. The molecule has 0 unspecified atom stereocenters. The highest BCUT2D eigenvalue weighted by molar-refractivity contribution is 6.00. The Kier molecular flexibility index (Phi) is 7.36. The predicted molar refractivity (Wildman–Crippen MR) is 131 cm³/mol. The number of carbonyl (C=O) groups is 3. The Labute approximate surface area is 214 Å². The monoisotopic (exact) mass is 518 g/mol. The van der Waals surface area contributed by atoms with Crippen molar-refractivity contribution in [2.45, 2.75) is 91.3 Å². The van der Waals surface area contributed by atoms with Crippen LogP contribution in [0.5, 0.6) is 0 Å². The van der Waals surface area contributed by atoms with Gasteiger partial charge in [-0.15, -0.1) is 0 Å². The second kappa shape index (κ2) is 10.1. The molecule has 0 amide bonds. The van der Waals surface area contributed by atoms with Crippen LogP contribution in [0.2, 0.25) is 0 Å². The molecule has 1 heterocycles. The van der Waals surface area contributed by atoms with E-state index >= 15 is 0 Å². The highest BCUT2D eigenvalue weighted by atomic mass is 19.4. The summed E-state index contributed by atoms with van der Waals surface area (Å²) in [6.45, 7) is 6.95. The van der Waals surface area contributed by atoms with Crippen molar-refractivity contribution < 1.29 is 32.3 Å². The number of ether oxygens (including phenoxy) is 1. The highest BCUT2D eigenvalue weighted by Gasteiger charge is 2.45. The Morgan fingerprint density at radius 1 is 1.14 bits per heavy atom. The number of carbonyl (C=O) groups excluding carboxylic acids is 3. The molecule has 1 aromatic carbocycles. The van der Waals surface area contributed by atoms with Gasteiger partial charge in [-0.3, -0.25) is 14.4 Å². The van der Waals surface area contributed by atoms with Gasteiger partial charge >= 0.3 is 12.1 Å². The van der Waals surface area contributed by atoms with Crippen molar-refractivity contribution in [3.05, 3.63) is 46.3 Å². The van der Waals surface area contributed by atoms with Crippen LogP contribution in [0.3, 0.4) is 0 Å². The third-order valence-electron chi connectivity index (χ3n) is 7.42. The number of Topliss-reactive ketones (excluding diaryl/α,β-unsaturated/α-hetero) is 2. The summed E-state index contributed by atoms with van der Waals surface area (Å²) >= 11 is 0. The predicted octanol–water partition coefficient (Wildman–Crippen LogP) is 6.30. The van der Waals surface area contributed by atoms with E-state index in [9.17, 15) is 27.6 Å². The number of rotatable bonds is 6. The molecule has 0 spiro atoms. The summed E-state index contributed by atoms with van der Waals surface area (Å²) in [4.78, 5) is 36.8. The van der Waals surface area contributed by atoms with Gasteiger partial charge in [-0.25, -0.2) is 4.68 Å². The molecule has 1 saturated carbocycles. The Morgan fingerprint density at radius 3 is 2.41 bits per heavy atom. The maximum atomic E-state index is 13.9. The molecule has 37 heavy (non-hydrogen) atoms. The van der Waals surface area contributed by atoms with Crippen molar-refractivity contribution in [1.29, 1.82) is 0 Å². The molecule has 1 fully saturated rings. The van der Waals surface area contributed by atoms with Gasteiger partial charge in [0.25, 0.3) is 0 Å². The molecule has 2 aromatic rings. The zero-order valence-electron chi connectivity index (χ0n) is 21.7. The molecule has 0 bridgehead atoms. The number of benzene rings is 1. The van der Waals surface area contributed by atoms with Crippen LogP contribution in [-0.2, 0) is 28.5 Å². The number of halogens is 3. The van der Waals surface area contributed by atoms with Gasteiger partial charge < -0.3 is 4.74 Å². The quantitative estimate of drug-likeness (QED) is 0.331. The van der Waals surface area contributed by atoms with Crippen LogP contribution in [0.25, 0.3) is 5.69 Å².